The molecule has 3 aromatic rings. The van der Waals surface area contributed by atoms with Gasteiger partial charge in [-0.25, -0.2) is 24.4 Å². The van der Waals surface area contributed by atoms with Crippen LogP contribution in [0.4, 0.5) is 39.5 Å². The molecule has 0 atom stereocenters. The number of likely N-dealkylation sites (tertiary alicyclic amines) is 1. The lowest BCUT2D eigenvalue weighted by Gasteiger charge is -2.49. The molecule has 12 nitrogen and oxygen atoms in total. The van der Waals surface area contributed by atoms with Crippen molar-refractivity contribution >= 4 is 29.2 Å². The molecule has 0 radical (unpaired) electrons. The maximum atomic E-state index is 10.6. The lowest BCUT2D eigenvalue weighted by molar-refractivity contribution is -0.193. The van der Waals surface area contributed by atoms with E-state index in [1.807, 2.05) is 18.3 Å². The number of imidazole rings is 1. The van der Waals surface area contributed by atoms with Gasteiger partial charge in [0.05, 0.1) is 31.1 Å². The van der Waals surface area contributed by atoms with E-state index in [9.17, 15) is 39.5 Å². The van der Waals surface area contributed by atoms with E-state index in [1.54, 1.807) is 18.4 Å². The van der Waals surface area contributed by atoms with Crippen LogP contribution in [-0.4, -0.2) is 110 Å². The third-order valence-electron chi connectivity index (χ3n) is 7.30. The number of aromatic nitrogens is 3. The van der Waals surface area contributed by atoms with E-state index in [4.69, 9.17) is 39.4 Å². The third-order valence-corrected chi connectivity index (χ3v) is 8.06. The number of likely N-dealkylation sites (N-methyl/N-ethyl adjacent to an activating group) is 1. The first-order chi connectivity index (χ1) is 23.0. The largest absolute Gasteiger partial charge is 0.497 e. The Kier molecular flexibility index (Phi) is 14.2. The van der Waals surface area contributed by atoms with E-state index < -0.39 is 36.4 Å². The molecular weight excluding hydrogens is 721 g/mol. The number of carboxylic acid groups (broad SMARTS) is 3. The molecule has 5 rings (SSSR count). The zero-order chi connectivity index (χ0) is 38.1. The summed E-state index contributed by atoms with van der Waals surface area (Å²) >= 11 is 1.75. The number of carboxylic acids is 3. The highest BCUT2D eigenvalue weighted by Gasteiger charge is 2.46. The minimum Gasteiger partial charge on any atom is -0.497 e. The van der Waals surface area contributed by atoms with Crippen molar-refractivity contribution in [1.82, 2.24) is 24.3 Å². The zero-order valence-electron chi connectivity index (χ0n) is 26.0. The predicted octanol–water partition coefficient (Wildman–Crippen LogP) is 5.35. The van der Waals surface area contributed by atoms with E-state index in [0.717, 1.165) is 51.3 Å². The summed E-state index contributed by atoms with van der Waals surface area (Å²) in [6.07, 6.45) is -9.08. The number of alkyl halides is 9. The molecule has 1 spiro atoms. The average Bonchev–Trinajstić information content (AvgIpc) is 3.70. The maximum absolute atomic E-state index is 10.6. The molecule has 0 unspecified atom stereocenters. The molecule has 2 aromatic heterocycles. The normalized spacial score (nSPS) is 16.0. The maximum Gasteiger partial charge on any atom is 0.490 e. The van der Waals surface area contributed by atoms with Gasteiger partial charge in [0.2, 0.25) is 0 Å². The molecule has 0 saturated carbocycles. The molecular formula is C28H30F9N5O7S. The number of piperidine rings is 1. The fraction of sp³-hybridized carbons (Fsp3) is 0.464. The molecule has 1 saturated heterocycles. The first kappa shape index (κ1) is 41.7. The Labute approximate surface area is 281 Å². The monoisotopic (exact) mass is 751 g/mol. The fourth-order valence-corrected chi connectivity index (χ4v) is 5.47. The quantitative estimate of drug-likeness (QED) is 0.295. The van der Waals surface area contributed by atoms with Gasteiger partial charge in [-0.3, -0.25) is 9.80 Å². The highest BCUT2D eigenvalue weighted by molar-refractivity contribution is 7.09. The van der Waals surface area contributed by atoms with Crippen LogP contribution in [-0.2, 0) is 33.0 Å². The minimum absolute atomic E-state index is 0.0301. The van der Waals surface area contributed by atoms with Crippen LogP contribution < -0.4 is 4.74 Å². The Bertz CT molecular complexity index is 1500. The van der Waals surface area contributed by atoms with Crippen LogP contribution in [0.3, 0.4) is 0 Å². The second kappa shape index (κ2) is 17.0. The van der Waals surface area contributed by atoms with Crippen molar-refractivity contribution in [2.24, 2.45) is 0 Å². The molecule has 3 N–H and O–H groups in total. The smallest absolute Gasteiger partial charge is 0.490 e. The molecule has 4 heterocycles. The van der Waals surface area contributed by atoms with Gasteiger partial charge in [0.15, 0.2) is 0 Å². The Morgan fingerprint density at radius 1 is 0.820 bits per heavy atom. The van der Waals surface area contributed by atoms with Crippen molar-refractivity contribution in [2.45, 2.75) is 50.0 Å². The molecule has 1 aromatic carbocycles. The number of thiazole rings is 1. The highest BCUT2D eigenvalue weighted by Crippen LogP contribution is 2.42. The standard InChI is InChI=1S/C22H27N5OS.3C2HF3O2/c1-25-12-13-27-19(17-3-5-18(28-2)6-4-17)15-24-21(27)22(25)7-10-26(11-8-22)16-20-23-9-14-29-20;3*3-2(4,5)1(6)7/h3-6,9,14-15H,7-8,10-13,16H2,1-2H3;3*(H,6,7). The lowest BCUT2D eigenvalue weighted by Crippen LogP contribution is -2.56. The lowest BCUT2D eigenvalue weighted by atomic mass is 9.83. The second-order valence-electron chi connectivity index (χ2n) is 10.4. The van der Waals surface area contributed by atoms with Crippen molar-refractivity contribution in [3.05, 3.63) is 52.9 Å². The minimum atomic E-state index is -5.08. The molecule has 1 fully saturated rings. The summed E-state index contributed by atoms with van der Waals surface area (Å²) in [5.41, 5.74) is 2.44. The SMILES string of the molecule is COc1ccc(-c2cnc3n2CCN(C)C32CCN(Cc3nccs3)CC2)cc1.O=C(O)C(F)(F)F.O=C(O)C(F)(F)F.O=C(O)C(F)(F)F. The number of fused-ring (bicyclic) bond motifs is 2. The average molecular weight is 752 g/mol. The number of halogens is 9. The van der Waals surface area contributed by atoms with Gasteiger partial charge < -0.3 is 24.6 Å². The Hall–Kier alpha value is -4.44. The van der Waals surface area contributed by atoms with Gasteiger partial charge in [-0.1, -0.05) is 0 Å². The van der Waals surface area contributed by atoms with E-state index in [-0.39, 0.29) is 5.54 Å². The third kappa shape index (κ3) is 11.6. The van der Waals surface area contributed by atoms with Crippen LogP contribution in [0.15, 0.2) is 42.0 Å². The number of aliphatic carboxylic acids is 3. The molecule has 278 valence electrons. The summed E-state index contributed by atoms with van der Waals surface area (Å²) in [5, 5.41) is 24.6. The van der Waals surface area contributed by atoms with Gasteiger partial charge in [0, 0.05) is 43.3 Å². The fourth-order valence-electron chi connectivity index (χ4n) is 4.81. The van der Waals surface area contributed by atoms with Gasteiger partial charge in [-0.15, -0.1) is 11.3 Å². The van der Waals surface area contributed by atoms with Gasteiger partial charge in [-0.05, 0) is 44.2 Å². The summed E-state index contributed by atoms with van der Waals surface area (Å²) < 4.78 is 103. The summed E-state index contributed by atoms with van der Waals surface area (Å²) in [6.45, 7) is 5.16. The van der Waals surface area contributed by atoms with Crippen molar-refractivity contribution in [2.75, 3.05) is 33.8 Å². The first-order valence-electron chi connectivity index (χ1n) is 14.0. The number of methoxy groups -OCH3 is 1. The van der Waals surface area contributed by atoms with Crippen molar-refractivity contribution < 1.29 is 74.0 Å². The van der Waals surface area contributed by atoms with Crippen LogP contribution >= 0.6 is 11.3 Å². The van der Waals surface area contributed by atoms with Crippen molar-refractivity contribution in [3.8, 4) is 17.0 Å². The molecule has 0 amide bonds. The number of hydrogen-bond acceptors (Lipinski definition) is 9. The van der Waals surface area contributed by atoms with Crippen molar-refractivity contribution in [3.63, 3.8) is 0 Å². The van der Waals surface area contributed by atoms with Gasteiger partial charge in [-0.2, -0.15) is 39.5 Å². The number of carbonyl (C=O) groups is 3. The van der Waals surface area contributed by atoms with Crippen LogP contribution in [0.5, 0.6) is 5.75 Å². The van der Waals surface area contributed by atoms with Crippen LogP contribution in [0.1, 0.15) is 23.7 Å². The number of nitrogens with zero attached hydrogens (tertiary/aromatic N) is 5. The van der Waals surface area contributed by atoms with E-state index in [1.165, 1.54) is 22.1 Å². The van der Waals surface area contributed by atoms with E-state index in [2.05, 4.69) is 50.1 Å². The van der Waals surface area contributed by atoms with Crippen LogP contribution in [0.25, 0.3) is 11.3 Å². The second-order valence-corrected chi connectivity index (χ2v) is 11.4. The van der Waals surface area contributed by atoms with Gasteiger partial charge in [0.1, 0.15) is 16.6 Å². The summed E-state index contributed by atoms with van der Waals surface area (Å²) in [5.74, 6) is -6.16. The summed E-state index contributed by atoms with van der Waals surface area (Å²) in [4.78, 5) is 41.2. The van der Waals surface area contributed by atoms with Crippen LogP contribution in [0, 0.1) is 0 Å². The number of ether oxygens (including phenoxy) is 1. The number of benzene rings is 1. The molecule has 2 aliphatic rings. The molecule has 22 heteroatoms. The molecule has 2 aliphatic heterocycles. The molecule has 0 bridgehead atoms. The molecule has 50 heavy (non-hydrogen) atoms. The molecule has 0 aliphatic carbocycles. The van der Waals surface area contributed by atoms with Gasteiger partial charge >= 0.3 is 36.4 Å². The van der Waals surface area contributed by atoms with Crippen LogP contribution in [0.2, 0.25) is 0 Å². The van der Waals surface area contributed by atoms with E-state index >= 15 is 0 Å². The van der Waals surface area contributed by atoms with Crippen molar-refractivity contribution in [1.29, 1.82) is 0 Å². The van der Waals surface area contributed by atoms with E-state index in [0.29, 0.717) is 0 Å². The number of rotatable bonds is 4. The predicted molar refractivity (Wildman–Crippen MR) is 156 cm³/mol. The zero-order valence-corrected chi connectivity index (χ0v) is 26.8. The Balaban J connectivity index is 0.000000338. The number of hydrogen-bond donors (Lipinski definition) is 3. The summed E-state index contributed by atoms with van der Waals surface area (Å²) in [7, 11) is 3.97. The topological polar surface area (TPSA) is 158 Å². The Morgan fingerprint density at radius 3 is 1.70 bits per heavy atom. The Morgan fingerprint density at radius 2 is 1.30 bits per heavy atom. The van der Waals surface area contributed by atoms with Gasteiger partial charge in [0.25, 0.3) is 0 Å². The summed E-state index contributed by atoms with van der Waals surface area (Å²) in [6, 6.07) is 8.31. The highest BCUT2D eigenvalue weighted by atomic mass is 32.1. The first-order valence-corrected chi connectivity index (χ1v) is 14.8.